The topological polar surface area (TPSA) is 118 Å². The number of amides is 4. The second-order valence-corrected chi connectivity index (χ2v) is 10.1. The summed E-state index contributed by atoms with van der Waals surface area (Å²) in [4.78, 5) is 56.5. The van der Waals surface area contributed by atoms with Crippen LogP contribution in [0.3, 0.4) is 0 Å². The largest absolute Gasteiger partial charge is 0.464 e. The number of imide groups is 1. The summed E-state index contributed by atoms with van der Waals surface area (Å²) < 4.78 is 4.66. The van der Waals surface area contributed by atoms with Gasteiger partial charge in [0.1, 0.15) is 12.1 Å². The molecule has 35 heavy (non-hydrogen) atoms. The predicted octanol–water partition coefficient (Wildman–Crippen LogP) is 4.02. The normalized spacial score (nSPS) is 19.4. The van der Waals surface area contributed by atoms with E-state index in [4.69, 9.17) is 11.6 Å². The summed E-state index contributed by atoms with van der Waals surface area (Å²) in [5.41, 5.74) is 0.927. The zero-order valence-electron chi connectivity index (χ0n) is 19.3. The van der Waals surface area contributed by atoms with Crippen LogP contribution in [0.15, 0.2) is 29.6 Å². The van der Waals surface area contributed by atoms with Gasteiger partial charge in [-0.05, 0) is 30.0 Å². The van der Waals surface area contributed by atoms with Gasteiger partial charge >= 0.3 is 12.0 Å². The Morgan fingerprint density at radius 2 is 1.94 bits per heavy atom. The van der Waals surface area contributed by atoms with Crippen molar-refractivity contribution in [3.63, 3.8) is 0 Å². The fourth-order valence-corrected chi connectivity index (χ4v) is 5.43. The van der Waals surface area contributed by atoms with Crippen molar-refractivity contribution in [3.8, 4) is 0 Å². The van der Waals surface area contributed by atoms with Gasteiger partial charge in [-0.15, -0.1) is 11.3 Å². The summed E-state index contributed by atoms with van der Waals surface area (Å²) in [6, 6.07) is 4.73. The van der Waals surface area contributed by atoms with E-state index in [1.165, 1.54) is 12.5 Å². The van der Waals surface area contributed by atoms with Crippen molar-refractivity contribution in [3.05, 3.63) is 45.9 Å². The highest BCUT2D eigenvalue weighted by atomic mass is 35.5. The Balaban J connectivity index is 1.52. The molecule has 4 amide bonds. The minimum Gasteiger partial charge on any atom is -0.464 e. The quantitative estimate of drug-likeness (QED) is 0.402. The van der Waals surface area contributed by atoms with Crippen LogP contribution in [0.1, 0.15) is 54.6 Å². The van der Waals surface area contributed by atoms with E-state index in [9.17, 15) is 19.2 Å². The van der Waals surface area contributed by atoms with Crippen molar-refractivity contribution < 1.29 is 23.9 Å². The van der Waals surface area contributed by atoms with Crippen LogP contribution >= 0.6 is 22.9 Å². The number of hydrogen-bond acceptors (Lipinski definition) is 7. The maximum absolute atomic E-state index is 13.4. The fourth-order valence-electron chi connectivity index (χ4n) is 4.62. The number of rotatable bonds is 8. The minimum atomic E-state index is -0.980. The maximum atomic E-state index is 13.4. The Bertz CT molecular complexity index is 1100. The van der Waals surface area contributed by atoms with E-state index in [2.05, 4.69) is 20.4 Å². The lowest BCUT2D eigenvalue weighted by molar-refractivity contribution is -0.134. The number of carbonyl (C=O) groups excluding carboxylic acids is 4. The molecule has 2 fully saturated rings. The average molecular weight is 519 g/mol. The lowest BCUT2D eigenvalue weighted by Gasteiger charge is -2.30. The summed E-state index contributed by atoms with van der Waals surface area (Å²) >= 11 is 7.02. The van der Waals surface area contributed by atoms with E-state index in [1.807, 2.05) is 0 Å². The smallest absolute Gasteiger partial charge is 0.357 e. The molecule has 2 heterocycles. The molecular formula is C24H27ClN4O5S. The average Bonchev–Trinajstić information content (AvgIpc) is 3.43. The van der Waals surface area contributed by atoms with Gasteiger partial charge in [0.25, 0.3) is 5.91 Å². The number of methoxy groups -OCH3 is 1. The highest BCUT2D eigenvalue weighted by Gasteiger charge is 2.45. The second-order valence-electron chi connectivity index (χ2n) is 8.82. The standard InChI is InChI=1S/C24H27ClN4O5S/c1-34-22(32)18-13-35-23(26-18)28-20(30)19(12-14-5-3-2-4-6-14)29-21(31)17(27-24(29)33)11-15-7-9-16(25)10-8-15/h7-10,13-14,17,19H,2-6,11-12H2,1H3,(H,27,33)(H,26,28,30). The Morgan fingerprint density at radius 1 is 1.23 bits per heavy atom. The van der Waals surface area contributed by atoms with Crippen LogP contribution in [-0.4, -0.2) is 52.9 Å². The van der Waals surface area contributed by atoms with E-state index in [1.54, 1.807) is 24.3 Å². The van der Waals surface area contributed by atoms with Crippen LogP contribution < -0.4 is 10.6 Å². The number of aromatic nitrogens is 1. The molecule has 2 aliphatic rings. The van der Waals surface area contributed by atoms with Crippen LogP contribution in [0, 0.1) is 5.92 Å². The zero-order chi connectivity index (χ0) is 24.9. The van der Waals surface area contributed by atoms with E-state index in [0.717, 1.165) is 53.9 Å². The molecule has 1 aliphatic heterocycles. The molecule has 0 radical (unpaired) electrons. The monoisotopic (exact) mass is 518 g/mol. The van der Waals surface area contributed by atoms with Crippen molar-refractivity contribution in [2.24, 2.45) is 5.92 Å². The third-order valence-corrected chi connectivity index (χ3v) is 7.44. The van der Waals surface area contributed by atoms with Crippen molar-refractivity contribution >= 4 is 51.9 Å². The number of thiazole rings is 1. The molecule has 0 spiro atoms. The van der Waals surface area contributed by atoms with Crippen molar-refractivity contribution in [2.75, 3.05) is 12.4 Å². The van der Waals surface area contributed by atoms with Crippen molar-refractivity contribution in [1.82, 2.24) is 15.2 Å². The molecule has 2 unspecified atom stereocenters. The Labute approximate surface area is 212 Å². The number of esters is 1. The molecule has 2 aromatic rings. The van der Waals surface area contributed by atoms with E-state index in [-0.39, 0.29) is 16.7 Å². The predicted molar refractivity (Wildman–Crippen MR) is 131 cm³/mol. The molecule has 1 aromatic heterocycles. The molecule has 0 bridgehead atoms. The van der Waals surface area contributed by atoms with Crippen LogP contribution in [0.5, 0.6) is 0 Å². The Kier molecular flexibility index (Phi) is 8.02. The fraction of sp³-hybridized carbons (Fsp3) is 0.458. The number of anilines is 1. The van der Waals surface area contributed by atoms with E-state index < -0.39 is 35.9 Å². The molecule has 1 aliphatic carbocycles. The van der Waals surface area contributed by atoms with Crippen LogP contribution in [0.25, 0.3) is 0 Å². The summed E-state index contributed by atoms with van der Waals surface area (Å²) in [7, 11) is 1.25. The lowest BCUT2D eigenvalue weighted by atomic mass is 9.84. The van der Waals surface area contributed by atoms with E-state index in [0.29, 0.717) is 17.9 Å². The molecule has 4 rings (SSSR count). The Morgan fingerprint density at radius 3 is 2.63 bits per heavy atom. The van der Waals surface area contributed by atoms with Crippen molar-refractivity contribution in [1.29, 1.82) is 0 Å². The summed E-state index contributed by atoms with van der Waals surface area (Å²) in [6.45, 7) is 0. The van der Waals surface area contributed by atoms with Gasteiger partial charge in [0.2, 0.25) is 5.91 Å². The number of benzene rings is 1. The molecule has 1 saturated heterocycles. The Hall–Kier alpha value is -2.98. The van der Waals surface area contributed by atoms with Gasteiger partial charge in [-0.1, -0.05) is 55.8 Å². The second kappa shape index (κ2) is 11.2. The van der Waals surface area contributed by atoms with Crippen LogP contribution in [-0.2, 0) is 20.7 Å². The SMILES string of the molecule is COC(=O)c1csc(NC(=O)C(CC2CCCCC2)N2C(=O)NC(Cc3ccc(Cl)cc3)C2=O)n1. The van der Waals surface area contributed by atoms with Gasteiger partial charge in [-0.25, -0.2) is 19.5 Å². The molecule has 9 nitrogen and oxygen atoms in total. The molecule has 1 aromatic carbocycles. The van der Waals surface area contributed by atoms with Gasteiger partial charge in [-0.3, -0.25) is 9.59 Å². The molecule has 1 saturated carbocycles. The van der Waals surface area contributed by atoms with Crippen LogP contribution in [0.4, 0.5) is 9.93 Å². The number of nitrogens with one attached hydrogen (secondary N) is 2. The zero-order valence-corrected chi connectivity index (χ0v) is 20.9. The third-order valence-electron chi connectivity index (χ3n) is 6.43. The first-order valence-electron chi connectivity index (χ1n) is 11.6. The molecule has 2 N–H and O–H groups in total. The maximum Gasteiger partial charge on any atom is 0.357 e. The number of urea groups is 1. The van der Waals surface area contributed by atoms with Gasteiger partial charge in [-0.2, -0.15) is 0 Å². The first kappa shape index (κ1) is 25.1. The van der Waals surface area contributed by atoms with Gasteiger partial charge in [0, 0.05) is 16.8 Å². The summed E-state index contributed by atoms with van der Waals surface area (Å²) in [6.07, 6.45) is 5.85. The van der Waals surface area contributed by atoms with Gasteiger partial charge in [0.15, 0.2) is 10.8 Å². The first-order chi connectivity index (χ1) is 16.9. The van der Waals surface area contributed by atoms with Gasteiger partial charge in [0.05, 0.1) is 7.11 Å². The first-order valence-corrected chi connectivity index (χ1v) is 12.8. The van der Waals surface area contributed by atoms with E-state index >= 15 is 0 Å². The number of halogens is 1. The highest BCUT2D eigenvalue weighted by Crippen LogP contribution is 2.31. The number of nitrogens with zero attached hydrogens (tertiary/aromatic N) is 2. The lowest BCUT2D eigenvalue weighted by Crippen LogP contribution is -2.49. The molecular weight excluding hydrogens is 492 g/mol. The highest BCUT2D eigenvalue weighted by molar-refractivity contribution is 7.14. The summed E-state index contributed by atoms with van der Waals surface area (Å²) in [5, 5.41) is 7.69. The molecule has 11 heteroatoms. The molecule has 186 valence electrons. The number of carbonyl (C=O) groups is 4. The summed E-state index contributed by atoms with van der Waals surface area (Å²) in [5.74, 6) is -1.32. The van der Waals surface area contributed by atoms with Gasteiger partial charge < -0.3 is 15.4 Å². The molecule has 2 atom stereocenters. The number of ether oxygens (including phenoxy) is 1. The van der Waals surface area contributed by atoms with Crippen molar-refractivity contribution in [2.45, 2.75) is 57.0 Å². The van der Waals surface area contributed by atoms with Crippen LogP contribution in [0.2, 0.25) is 5.02 Å². The third kappa shape index (κ3) is 5.99. The number of hydrogen-bond donors (Lipinski definition) is 2. The minimum absolute atomic E-state index is 0.0784.